The van der Waals surface area contributed by atoms with Crippen LogP contribution in [-0.2, 0) is 0 Å². The van der Waals surface area contributed by atoms with Crippen molar-refractivity contribution in [2.24, 2.45) is 5.92 Å². The first-order chi connectivity index (χ1) is 13.2. The maximum Gasteiger partial charge on any atom is 0.168 e. The van der Waals surface area contributed by atoms with Crippen molar-refractivity contribution in [3.63, 3.8) is 0 Å². The van der Waals surface area contributed by atoms with E-state index in [1.54, 1.807) is 18.5 Å². The van der Waals surface area contributed by atoms with Gasteiger partial charge in [-0.1, -0.05) is 12.1 Å². The standard InChI is InChI=1S/C23H23FN2O/c24-19-3-1-2-18(12-19)15-4-8-17(9-5-15)23(27)22-20(16-6-7-16)10-11-26-14-25-13-21(22)26/h1-3,10-17H,4-9H2. The van der Waals surface area contributed by atoms with Gasteiger partial charge in [-0.25, -0.2) is 9.37 Å². The van der Waals surface area contributed by atoms with Gasteiger partial charge < -0.3 is 4.40 Å². The van der Waals surface area contributed by atoms with Gasteiger partial charge in [0, 0.05) is 17.7 Å². The van der Waals surface area contributed by atoms with Crippen molar-refractivity contribution in [2.45, 2.75) is 50.4 Å². The van der Waals surface area contributed by atoms with E-state index in [2.05, 4.69) is 11.1 Å². The number of fused-ring (bicyclic) bond motifs is 1. The molecule has 0 saturated heterocycles. The molecule has 2 saturated carbocycles. The Labute approximate surface area is 158 Å². The van der Waals surface area contributed by atoms with E-state index >= 15 is 0 Å². The van der Waals surface area contributed by atoms with Crippen LogP contribution in [0.3, 0.4) is 0 Å². The summed E-state index contributed by atoms with van der Waals surface area (Å²) in [7, 11) is 0. The molecule has 0 bridgehead atoms. The molecular weight excluding hydrogens is 339 g/mol. The fourth-order valence-electron chi connectivity index (χ4n) is 4.67. The Hall–Kier alpha value is -2.49. The Bertz CT molecular complexity index is 997. The largest absolute Gasteiger partial charge is 0.306 e. The smallest absolute Gasteiger partial charge is 0.168 e. The van der Waals surface area contributed by atoms with Crippen molar-refractivity contribution in [3.8, 4) is 0 Å². The molecule has 2 fully saturated rings. The molecule has 2 aliphatic rings. The molecule has 5 rings (SSSR count). The molecule has 2 aromatic heterocycles. The van der Waals surface area contributed by atoms with Crippen LogP contribution >= 0.6 is 0 Å². The molecule has 0 amide bonds. The summed E-state index contributed by atoms with van der Waals surface area (Å²) >= 11 is 0. The second-order valence-electron chi connectivity index (χ2n) is 8.07. The molecule has 0 radical (unpaired) electrons. The topological polar surface area (TPSA) is 34.4 Å². The van der Waals surface area contributed by atoms with Crippen LogP contribution in [0.1, 0.15) is 71.8 Å². The zero-order valence-electron chi connectivity index (χ0n) is 15.3. The average molecular weight is 362 g/mol. The summed E-state index contributed by atoms with van der Waals surface area (Å²) in [4.78, 5) is 17.7. The predicted octanol–water partition coefficient (Wildman–Crippen LogP) is 5.51. The maximum atomic E-state index is 13.5. The van der Waals surface area contributed by atoms with Crippen molar-refractivity contribution in [3.05, 3.63) is 71.6 Å². The number of Topliss-reactive ketones (excluding diaryl/α,β-unsaturated/α-hetero) is 1. The summed E-state index contributed by atoms with van der Waals surface area (Å²) in [6.07, 6.45) is 11.6. The molecule has 138 valence electrons. The molecule has 3 aromatic rings. The number of imidazole rings is 1. The van der Waals surface area contributed by atoms with Crippen molar-refractivity contribution >= 4 is 11.3 Å². The highest BCUT2D eigenvalue weighted by molar-refractivity contribution is 6.05. The van der Waals surface area contributed by atoms with Gasteiger partial charge in [-0.3, -0.25) is 4.79 Å². The first-order valence-corrected chi connectivity index (χ1v) is 9.95. The van der Waals surface area contributed by atoms with Crippen molar-refractivity contribution in [1.29, 1.82) is 0 Å². The fraction of sp³-hybridized carbons (Fsp3) is 0.391. The monoisotopic (exact) mass is 362 g/mol. The van der Waals surface area contributed by atoms with Gasteiger partial charge in [-0.15, -0.1) is 0 Å². The first kappa shape index (κ1) is 16.7. The van der Waals surface area contributed by atoms with Crippen molar-refractivity contribution in [2.75, 3.05) is 0 Å². The van der Waals surface area contributed by atoms with Gasteiger partial charge in [0.05, 0.1) is 18.0 Å². The number of pyridine rings is 1. The van der Waals surface area contributed by atoms with E-state index in [0.29, 0.717) is 11.8 Å². The Morgan fingerprint density at radius 1 is 1.04 bits per heavy atom. The number of halogens is 1. The van der Waals surface area contributed by atoms with Crippen LogP contribution in [0.2, 0.25) is 0 Å². The van der Waals surface area contributed by atoms with Crippen LogP contribution in [0.5, 0.6) is 0 Å². The molecule has 0 atom stereocenters. The zero-order chi connectivity index (χ0) is 18.4. The minimum absolute atomic E-state index is 0.0633. The van der Waals surface area contributed by atoms with Crippen LogP contribution in [-0.4, -0.2) is 15.2 Å². The second kappa shape index (κ2) is 6.59. The summed E-state index contributed by atoms with van der Waals surface area (Å²) in [5.74, 6) is 1.06. The Balaban J connectivity index is 1.39. The highest BCUT2D eigenvalue weighted by atomic mass is 19.1. The normalized spacial score (nSPS) is 22.9. The third-order valence-electron chi connectivity index (χ3n) is 6.31. The minimum atomic E-state index is -0.174. The van der Waals surface area contributed by atoms with E-state index in [1.807, 2.05) is 22.9 Å². The minimum Gasteiger partial charge on any atom is -0.306 e. The zero-order valence-corrected chi connectivity index (χ0v) is 15.3. The molecule has 27 heavy (non-hydrogen) atoms. The summed E-state index contributed by atoms with van der Waals surface area (Å²) < 4.78 is 15.5. The number of carbonyl (C=O) groups is 1. The number of ketones is 1. The van der Waals surface area contributed by atoms with Crippen LogP contribution in [0.4, 0.5) is 4.39 Å². The van der Waals surface area contributed by atoms with Gasteiger partial charge in [0.2, 0.25) is 0 Å². The van der Waals surface area contributed by atoms with E-state index in [-0.39, 0.29) is 17.5 Å². The second-order valence-corrected chi connectivity index (χ2v) is 8.07. The Kier molecular flexibility index (Phi) is 4.07. The lowest BCUT2D eigenvalue weighted by molar-refractivity contribution is 0.0884. The number of aromatic nitrogens is 2. The van der Waals surface area contributed by atoms with Crippen LogP contribution in [0, 0.1) is 11.7 Å². The van der Waals surface area contributed by atoms with Crippen LogP contribution in [0.25, 0.3) is 5.52 Å². The van der Waals surface area contributed by atoms with Crippen molar-refractivity contribution < 1.29 is 9.18 Å². The highest BCUT2D eigenvalue weighted by Crippen LogP contribution is 2.44. The number of carbonyl (C=O) groups excluding carboxylic acids is 1. The molecule has 0 N–H and O–H groups in total. The molecule has 0 spiro atoms. The van der Waals surface area contributed by atoms with E-state index in [4.69, 9.17) is 0 Å². The third kappa shape index (κ3) is 3.07. The average Bonchev–Trinajstić information content (AvgIpc) is 3.43. The SMILES string of the molecule is O=C(c1c(C2CC2)ccn2cncc12)C1CCC(c2cccc(F)c2)CC1. The van der Waals surface area contributed by atoms with Gasteiger partial charge >= 0.3 is 0 Å². The number of benzene rings is 1. The Morgan fingerprint density at radius 3 is 2.56 bits per heavy atom. The molecule has 3 nitrogen and oxygen atoms in total. The van der Waals surface area contributed by atoms with Gasteiger partial charge in [0.25, 0.3) is 0 Å². The van der Waals surface area contributed by atoms with E-state index < -0.39 is 0 Å². The number of hydrogen-bond donors (Lipinski definition) is 0. The van der Waals surface area contributed by atoms with Crippen molar-refractivity contribution in [1.82, 2.24) is 9.38 Å². The third-order valence-corrected chi connectivity index (χ3v) is 6.31. The molecular formula is C23H23FN2O. The van der Waals surface area contributed by atoms with Crippen LogP contribution in [0.15, 0.2) is 49.1 Å². The molecule has 1 aromatic carbocycles. The first-order valence-electron chi connectivity index (χ1n) is 9.95. The predicted molar refractivity (Wildman–Crippen MR) is 103 cm³/mol. The summed E-state index contributed by atoms with van der Waals surface area (Å²) in [6.45, 7) is 0. The van der Waals surface area contributed by atoms with Gasteiger partial charge in [0.15, 0.2) is 5.78 Å². The summed E-state index contributed by atoms with van der Waals surface area (Å²) in [5.41, 5.74) is 4.11. The maximum absolute atomic E-state index is 13.5. The van der Waals surface area contributed by atoms with E-state index in [0.717, 1.165) is 42.3 Å². The molecule has 2 heterocycles. The molecule has 2 aliphatic carbocycles. The van der Waals surface area contributed by atoms with Gasteiger partial charge in [-0.05, 0) is 79.7 Å². The lowest BCUT2D eigenvalue weighted by Crippen LogP contribution is -2.23. The quantitative estimate of drug-likeness (QED) is 0.574. The highest BCUT2D eigenvalue weighted by Gasteiger charge is 2.34. The number of rotatable bonds is 4. The molecule has 0 aliphatic heterocycles. The van der Waals surface area contributed by atoms with Gasteiger partial charge in [0.1, 0.15) is 5.82 Å². The van der Waals surface area contributed by atoms with Crippen LogP contribution < -0.4 is 0 Å². The van der Waals surface area contributed by atoms with Gasteiger partial charge in [-0.2, -0.15) is 0 Å². The fourth-order valence-corrected chi connectivity index (χ4v) is 4.67. The summed E-state index contributed by atoms with van der Waals surface area (Å²) in [6, 6.07) is 9.03. The van der Waals surface area contributed by atoms with E-state index in [9.17, 15) is 9.18 Å². The lowest BCUT2D eigenvalue weighted by Gasteiger charge is -2.28. The molecule has 0 unspecified atom stereocenters. The van der Waals surface area contributed by atoms with E-state index in [1.165, 1.54) is 24.5 Å². The lowest BCUT2D eigenvalue weighted by atomic mass is 9.75. The Morgan fingerprint density at radius 2 is 1.81 bits per heavy atom. The number of nitrogens with zero attached hydrogens (tertiary/aromatic N) is 2. The molecule has 4 heteroatoms. The summed E-state index contributed by atoms with van der Waals surface area (Å²) in [5, 5.41) is 0. The number of hydrogen-bond acceptors (Lipinski definition) is 2.